The van der Waals surface area contributed by atoms with E-state index in [0.717, 1.165) is 0 Å². The topological polar surface area (TPSA) is 157 Å². The number of benzene rings is 2. The van der Waals surface area contributed by atoms with Gasteiger partial charge in [0.05, 0.1) is 29.5 Å². The Kier molecular flexibility index (Phi) is 7.79. The Hall–Kier alpha value is -3.99. The van der Waals surface area contributed by atoms with Gasteiger partial charge in [-0.2, -0.15) is 0 Å². The van der Waals surface area contributed by atoms with Crippen LogP contribution in [0.1, 0.15) is 41.0 Å². The maximum Gasteiger partial charge on any atom is 0.269 e. The van der Waals surface area contributed by atoms with Gasteiger partial charge in [0.2, 0.25) is 5.91 Å². The lowest BCUT2D eigenvalue weighted by molar-refractivity contribution is -0.384. The maximum absolute atomic E-state index is 12.9. The van der Waals surface area contributed by atoms with Crippen LogP contribution in [0.25, 0.3) is 0 Å². The van der Waals surface area contributed by atoms with Crippen LogP contribution in [0, 0.1) is 10.1 Å². The molecule has 11 nitrogen and oxygen atoms in total. The predicted octanol–water partition coefficient (Wildman–Crippen LogP) is 2.07. The molecule has 1 fully saturated rings. The zero-order chi connectivity index (χ0) is 24.8. The van der Waals surface area contributed by atoms with Crippen LogP contribution < -0.4 is 21.3 Å². The van der Waals surface area contributed by atoms with Crippen LogP contribution in [0.4, 0.5) is 17.1 Å². The van der Waals surface area contributed by atoms with Gasteiger partial charge in [0.1, 0.15) is 0 Å². The summed E-state index contributed by atoms with van der Waals surface area (Å²) in [6.45, 7) is 5.12. The molecule has 3 rings (SSSR count). The molecule has 1 heterocycles. The number of anilines is 2. The molecule has 0 aliphatic carbocycles. The SMILES string of the molecule is CC1COCC(C)N1c1ccc(C(=O)NCCC(N)=O)cc1NC(=O)c1ccc([N+](=O)[O-])cc1. The third-order valence-corrected chi connectivity index (χ3v) is 5.45. The third kappa shape index (κ3) is 5.87. The van der Waals surface area contributed by atoms with E-state index in [4.69, 9.17) is 10.5 Å². The number of nitrogens with zero attached hydrogens (tertiary/aromatic N) is 2. The van der Waals surface area contributed by atoms with Gasteiger partial charge >= 0.3 is 0 Å². The number of nitro groups is 1. The number of carbonyl (C=O) groups excluding carboxylic acids is 3. The number of morpholine rings is 1. The first kappa shape index (κ1) is 24.6. The molecule has 3 amide bonds. The van der Waals surface area contributed by atoms with Crippen LogP contribution in [0.15, 0.2) is 42.5 Å². The van der Waals surface area contributed by atoms with Crippen LogP contribution >= 0.6 is 0 Å². The number of carbonyl (C=O) groups is 3. The minimum Gasteiger partial charge on any atom is -0.377 e. The summed E-state index contributed by atoms with van der Waals surface area (Å²) >= 11 is 0. The van der Waals surface area contributed by atoms with Gasteiger partial charge in [-0.05, 0) is 44.2 Å². The number of nitro benzene ring substituents is 1. The van der Waals surface area contributed by atoms with E-state index in [1.165, 1.54) is 24.3 Å². The summed E-state index contributed by atoms with van der Waals surface area (Å²) in [5.41, 5.74) is 6.64. The van der Waals surface area contributed by atoms with Crippen LogP contribution in [0.5, 0.6) is 0 Å². The van der Waals surface area contributed by atoms with Gasteiger partial charge in [-0.3, -0.25) is 24.5 Å². The Morgan fingerprint density at radius 3 is 2.26 bits per heavy atom. The minimum absolute atomic E-state index is 0.0103. The number of nitrogens with one attached hydrogen (secondary N) is 2. The summed E-state index contributed by atoms with van der Waals surface area (Å²) in [6, 6.07) is 10.3. The molecule has 4 N–H and O–H groups in total. The van der Waals surface area contributed by atoms with Gasteiger partial charge < -0.3 is 26.0 Å². The second kappa shape index (κ2) is 10.8. The lowest BCUT2D eigenvalue weighted by Crippen LogP contribution is -2.50. The smallest absolute Gasteiger partial charge is 0.269 e. The van der Waals surface area contributed by atoms with E-state index in [-0.39, 0.29) is 36.3 Å². The van der Waals surface area contributed by atoms with Crippen molar-refractivity contribution in [2.75, 3.05) is 30.0 Å². The number of primary amides is 1. The van der Waals surface area contributed by atoms with Gasteiger partial charge in [-0.15, -0.1) is 0 Å². The Morgan fingerprint density at radius 1 is 1.06 bits per heavy atom. The summed E-state index contributed by atoms with van der Waals surface area (Å²) in [5, 5.41) is 16.4. The predicted molar refractivity (Wildman–Crippen MR) is 126 cm³/mol. The van der Waals surface area contributed by atoms with E-state index >= 15 is 0 Å². The molecule has 2 atom stereocenters. The standard InChI is InChI=1S/C23H27N5O6/c1-14-12-34-13-15(2)27(14)20-8-5-17(22(30)25-10-9-21(24)29)11-19(20)26-23(31)16-3-6-18(7-4-16)28(32)33/h3-8,11,14-15H,9-10,12-13H2,1-2H3,(H2,24,29)(H,25,30)(H,26,31). The highest BCUT2D eigenvalue weighted by molar-refractivity contribution is 6.07. The highest BCUT2D eigenvalue weighted by Crippen LogP contribution is 2.32. The molecule has 2 aromatic carbocycles. The highest BCUT2D eigenvalue weighted by atomic mass is 16.6. The Labute approximate surface area is 196 Å². The molecule has 34 heavy (non-hydrogen) atoms. The summed E-state index contributed by atoms with van der Waals surface area (Å²) in [4.78, 5) is 48.9. The Morgan fingerprint density at radius 2 is 1.68 bits per heavy atom. The highest BCUT2D eigenvalue weighted by Gasteiger charge is 2.28. The zero-order valence-corrected chi connectivity index (χ0v) is 18.9. The van der Waals surface area contributed by atoms with E-state index in [9.17, 15) is 24.5 Å². The lowest BCUT2D eigenvalue weighted by Gasteiger charge is -2.41. The average Bonchev–Trinajstić information content (AvgIpc) is 2.79. The van der Waals surface area contributed by atoms with Gasteiger partial charge in [0, 0.05) is 48.3 Å². The van der Waals surface area contributed by atoms with Crippen molar-refractivity contribution < 1.29 is 24.0 Å². The van der Waals surface area contributed by atoms with Crippen molar-refractivity contribution in [3.8, 4) is 0 Å². The molecule has 1 aliphatic heterocycles. The average molecular weight is 469 g/mol. The number of rotatable bonds is 8. The molecule has 11 heteroatoms. The molecule has 0 spiro atoms. The molecule has 0 saturated carbocycles. The van der Waals surface area contributed by atoms with Crippen LogP contribution in [0.2, 0.25) is 0 Å². The van der Waals surface area contributed by atoms with Crippen molar-refractivity contribution in [3.05, 3.63) is 63.7 Å². The fourth-order valence-corrected chi connectivity index (χ4v) is 3.81. The van der Waals surface area contributed by atoms with E-state index in [1.807, 2.05) is 13.8 Å². The van der Waals surface area contributed by atoms with Crippen molar-refractivity contribution in [2.45, 2.75) is 32.4 Å². The van der Waals surface area contributed by atoms with E-state index in [1.54, 1.807) is 18.2 Å². The van der Waals surface area contributed by atoms with Crippen LogP contribution in [-0.2, 0) is 9.53 Å². The molecule has 0 radical (unpaired) electrons. The van der Waals surface area contributed by atoms with Crippen molar-refractivity contribution in [1.82, 2.24) is 5.32 Å². The second-order valence-corrected chi connectivity index (χ2v) is 8.11. The molecular weight excluding hydrogens is 442 g/mol. The van der Waals surface area contributed by atoms with Crippen molar-refractivity contribution >= 4 is 34.8 Å². The first-order valence-corrected chi connectivity index (χ1v) is 10.8. The number of hydrogen-bond donors (Lipinski definition) is 3. The molecule has 2 aromatic rings. The molecule has 2 unspecified atom stereocenters. The van der Waals surface area contributed by atoms with Crippen LogP contribution in [-0.4, -0.2) is 54.5 Å². The molecule has 180 valence electrons. The maximum atomic E-state index is 12.9. The first-order chi connectivity index (χ1) is 16.2. The third-order valence-electron chi connectivity index (χ3n) is 5.45. The molecule has 1 saturated heterocycles. The van der Waals surface area contributed by atoms with E-state index in [0.29, 0.717) is 30.2 Å². The van der Waals surface area contributed by atoms with E-state index < -0.39 is 22.6 Å². The van der Waals surface area contributed by atoms with E-state index in [2.05, 4.69) is 15.5 Å². The van der Waals surface area contributed by atoms with Gasteiger partial charge in [0.25, 0.3) is 17.5 Å². The van der Waals surface area contributed by atoms with Crippen LogP contribution in [0.3, 0.4) is 0 Å². The molecular formula is C23H27N5O6. The molecule has 1 aliphatic rings. The largest absolute Gasteiger partial charge is 0.377 e. The summed E-state index contributed by atoms with van der Waals surface area (Å²) in [7, 11) is 0. The Bertz CT molecular complexity index is 1080. The van der Waals surface area contributed by atoms with Gasteiger partial charge in [-0.1, -0.05) is 0 Å². The zero-order valence-electron chi connectivity index (χ0n) is 18.9. The van der Waals surface area contributed by atoms with Gasteiger partial charge in [0.15, 0.2) is 0 Å². The normalized spacial score (nSPS) is 17.6. The summed E-state index contributed by atoms with van der Waals surface area (Å²) < 4.78 is 5.61. The van der Waals surface area contributed by atoms with Crippen molar-refractivity contribution in [2.24, 2.45) is 5.73 Å². The monoisotopic (exact) mass is 469 g/mol. The van der Waals surface area contributed by atoms with Gasteiger partial charge in [-0.25, -0.2) is 0 Å². The first-order valence-electron chi connectivity index (χ1n) is 10.8. The fraction of sp³-hybridized carbons (Fsp3) is 0.348. The second-order valence-electron chi connectivity index (χ2n) is 8.11. The number of non-ortho nitro benzene ring substituents is 1. The summed E-state index contributed by atoms with van der Waals surface area (Å²) in [6.07, 6.45) is 0.0103. The number of nitrogens with two attached hydrogens (primary N) is 1. The Balaban J connectivity index is 1.91. The fourth-order valence-electron chi connectivity index (χ4n) is 3.81. The summed E-state index contributed by atoms with van der Waals surface area (Å²) in [5.74, 6) is -1.42. The molecule has 0 aromatic heterocycles. The lowest BCUT2D eigenvalue weighted by atomic mass is 10.1. The number of amides is 3. The number of ether oxygens (including phenoxy) is 1. The quantitative estimate of drug-likeness (QED) is 0.394. The van der Waals surface area contributed by atoms with Crippen molar-refractivity contribution in [3.63, 3.8) is 0 Å². The van der Waals surface area contributed by atoms with Crippen molar-refractivity contribution in [1.29, 1.82) is 0 Å². The number of hydrogen-bond acceptors (Lipinski definition) is 7. The minimum atomic E-state index is -0.540. The molecule has 0 bridgehead atoms.